The van der Waals surface area contributed by atoms with Crippen LogP contribution in [0.25, 0.3) is 0 Å². The molecule has 1 saturated heterocycles. The smallest absolute Gasteiger partial charge is 0.182 e. The van der Waals surface area contributed by atoms with Gasteiger partial charge in [-0.3, -0.25) is 0 Å². The minimum atomic E-state index is 0.479. The van der Waals surface area contributed by atoms with Crippen LogP contribution in [0.2, 0.25) is 0 Å². The first kappa shape index (κ1) is 8.97. The van der Waals surface area contributed by atoms with E-state index in [0.29, 0.717) is 6.10 Å². The second kappa shape index (κ2) is 4.58. The molecular weight excluding hydrogens is 184 g/mol. The molecule has 1 fully saturated rings. The summed E-state index contributed by atoms with van der Waals surface area (Å²) in [7, 11) is 0. The molecule has 2 heterocycles. The van der Waals surface area contributed by atoms with Crippen molar-refractivity contribution in [1.29, 1.82) is 0 Å². The summed E-state index contributed by atoms with van der Waals surface area (Å²) in [4.78, 5) is 4.15. The van der Waals surface area contributed by atoms with Crippen molar-refractivity contribution in [3.63, 3.8) is 0 Å². The molecule has 1 N–H and O–H groups in total. The highest BCUT2D eigenvalue weighted by Gasteiger charge is 2.14. The van der Waals surface area contributed by atoms with Crippen LogP contribution in [0.5, 0.6) is 0 Å². The fourth-order valence-electron chi connectivity index (χ4n) is 1.52. The summed E-state index contributed by atoms with van der Waals surface area (Å²) in [5.41, 5.74) is 0. The average molecular weight is 198 g/mol. The molecule has 0 saturated carbocycles. The molecule has 1 aliphatic rings. The normalized spacial score (nSPS) is 22.0. The van der Waals surface area contributed by atoms with Crippen LogP contribution in [0.1, 0.15) is 19.3 Å². The van der Waals surface area contributed by atoms with Crippen LogP contribution in [0.4, 0.5) is 5.13 Å². The maximum atomic E-state index is 5.52. The van der Waals surface area contributed by atoms with Gasteiger partial charge in [0.1, 0.15) is 0 Å². The lowest BCUT2D eigenvalue weighted by Gasteiger charge is -2.08. The third-order valence-electron chi connectivity index (χ3n) is 2.20. The minimum absolute atomic E-state index is 0.479. The van der Waals surface area contributed by atoms with E-state index in [4.69, 9.17) is 4.74 Å². The molecule has 0 amide bonds. The summed E-state index contributed by atoms with van der Waals surface area (Å²) in [6, 6.07) is 0. The van der Waals surface area contributed by atoms with E-state index in [0.717, 1.165) is 24.7 Å². The SMILES string of the molecule is c1csc(NCCC2CCCO2)n1. The molecule has 0 aliphatic carbocycles. The highest BCUT2D eigenvalue weighted by atomic mass is 32.1. The second-order valence-electron chi connectivity index (χ2n) is 3.19. The lowest BCUT2D eigenvalue weighted by Crippen LogP contribution is -2.12. The topological polar surface area (TPSA) is 34.1 Å². The summed E-state index contributed by atoms with van der Waals surface area (Å²) in [5, 5.41) is 6.27. The van der Waals surface area contributed by atoms with Crippen molar-refractivity contribution in [2.75, 3.05) is 18.5 Å². The number of ether oxygens (including phenoxy) is 1. The second-order valence-corrected chi connectivity index (χ2v) is 4.08. The largest absolute Gasteiger partial charge is 0.378 e. The fourth-order valence-corrected chi connectivity index (χ4v) is 2.08. The van der Waals surface area contributed by atoms with Gasteiger partial charge in [0, 0.05) is 24.7 Å². The van der Waals surface area contributed by atoms with Crippen LogP contribution < -0.4 is 5.32 Å². The zero-order valence-corrected chi connectivity index (χ0v) is 8.35. The number of hydrogen-bond acceptors (Lipinski definition) is 4. The van der Waals surface area contributed by atoms with Gasteiger partial charge >= 0.3 is 0 Å². The van der Waals surface area contributed by atoms with E-state index < -0.39 is 0 Å². The zero-order valence-electron chi connectivity index (χ0n) is 7.53. The summed E-state index contributed by atoms with van der Waals surface area (Å²) in [6.45, 7) is 1.92. The molecule has 3 nitrogen and oxygen atoms in total. The van der Waals surface area contributed by atoms with Gasteiger partial charge in [-0.15, -0.1) is 11.3 Å². The van der Waals surface area contributed by atoms with Crippen LogP contribution in [0, 0.1) is 0 Å². The van der Waals surface area contributed by atoms with Crippen molar-refractivity contribution in [2.24, 2.45) is 0 Å². The van der Waals surface area contributed by atoms with Gasteiger partial charge in [0.25, 0.3) is 0 Å². The quantitative estimate of drug-likeness (QED) is 0.804. The highest BCUT2D eigenvalue weighted by Crippen LogP contribution is 2.16. The molecule has 13 heavy (non-hydrogen) atoms. The number of rotatable bonds is 4. The Kier molecular flexibility index (Phi) is 3.16. The Hall–Kier alpha value is -0.610. The maximum absolute atomic E-state index is 5.52. The molecule has 1 atom stereocenters. The highest BCUT2D eigenvalue weighted by molar-refractivity contribution is 7.13. The Balaban J connectivity index is 1.63. The molecule has 0 spiro atoms. The molecule has 1 aromatic heterocycles. The molecule has 0 radical (unpaired) electrons. The Bertz CT molecular complexity index is 232. The van der Waals surface area contributed by atoms with Crippen molar-refractivity contribution in [3.05, 3.63) is 11.6 Å². The van der Waals surface area contributed by atoms with Gasteiger partial charge in [-0.05, 0) is 19.3 Å². The number of nitrogens with zero attached hydrogens (tertiary/aromatic N) is 1. The summed E-state index contributed by atoms with van der Waals surface area (Å²) < 4.78 is 5.52. The van der Waals surface area contributed by atoms with Gasteiger partial charge in [0.2, 0.25) is 0 Å². The van der Waals surface area contributed by atoms with Gasteiger partial charge in [0.05, 0.1) is 6.10 Å². The summed E-state index contributed by atoms with van der Waals surface area (Å²) in [6.07, 6.45) is 5.84. The van der Waals surface area contributed by atoms with E-state index in [9.17, 15) is 0 Å². The number of anilines is 1. The maximum Gasteiger partial charge on any atom is 0.182 e. The van der Waals surface area contributed by atoms with Crippen molar-refractivity contribution in [1.82, 2.24) is 4.98 Å². The fraction of sp³-hybridized carbons (Fsp3) is 0.667. The third-order valence-corrected chi connectivity index (χ3v) is 2.93. The Morgan fingerprint density at radius 3 is 3.38 bits per heavy atom. The number of thiazole rings is 1. The van der Waals surface area contributed by atoms with Gasteiger partial charge in [-0.2, -0.15) is 0 Å². The first-order valence-corrected chi connectivity index (χ1v) is 5.58. The van der Waals surface area contributed by atoms with Crippen LogP contribution in [-0.2, 0) is 4.74 Å². The first-order valence-electron chi connectivity index (χ1n) is 4.70. The van der Waals surface area contributed by atoms with Gasteiger partial charge in [-0.1, -0.05) is 0 Å². The van der Waals surface area contributed by atoms with Gasteiger partial charge in [0.15, 0.2) is 5.13 Å². The van der Waals surface area contributed by atoms with Gasteiger partial charge in [-0.25, -0.2) is 4.98 Å². The van der Waals surface area contributed by atoms with E-state index in [1.165, 1.54) is 12.8 Å². The van der Waals surface area contributed by atoms with E-state index in [-0.39, 0.29) is 0 Å². The lowest BCUT2D eigenvalue weighted by molar-refractivity contribution is 0.107. The predicted octanol–water partition coefficient (Wildman–Crippen LogP) is 2.12. The molecule has 2 rings (SSSR count). The molecule has 1 unspecified atom stereocenters. The molecule has 0 aromatic carbocycles. The van der Waals surface area contributed by atoms with E-state index in [1.807, 2.05) is 11.6 Å². The Morgan fingerprint density at radius 1 is 1.69 bits per heavy atom. The zero-order chi connectivity index (χ0) is 8.93. The molecule has 1 aromatic rings. The van der Waals surface area contributed by atoms with Crippen LogP contribution in [0.3, 0.4) is 0 Å². The van der Waals surface area contributed by atoms with Crippen LogP contribution in [0.15, 0.2) is 11.6 Å². The van der Waals surface area contributed by atoms with Crippen LogP contribution in [-0.4, -0.2) is 24.2 Å². The molecule has 72 valence electrons. The molecule has 0 bridgehead atoms. The number of aromatic nitrogens is 1. The first-order chi connectivity index (χ1) is 6.45. The monoisotopic (exact) mass is 198 g/mol. The summed E-state index contributed by atoms with van der Waals surface area (Å²) in [5.74, 6) is 0. The van der Waals surface area contributed by atoms with E-state index in [1.54, 1.807) is 11.3 Å². The standard InChI is InChI=1S/C9H14N2OS/c1-2-8(12-6-1)3-4-10-9-11-5-7-13-9/h5,7-8H,1-4,6H2,(H,10,11). The predicted molar refractivity (Wildman–Crippen MR) is 54.2 cm³/mol. The van der Waals surface area contributed by atoms with Crippen molar-refractivity contribution in [3.8, 4) is 0 Å². The van der Waals surface area contributed by atoms with E-state index >= 15 is 0 Å². The summed E-state index contributed by atoms with van der Waals surface area (Å²) >= 11 is 1.64. The van der Waals surface area contributed by atoms with Crippen molar-refractivity contribution < 1.29 is 4.74 Å². The minimum Gasteiger partial charge on any atom is -0.378 e. The van der Waals surface area contributed by atoms with Gasteiger partial charge < -0.3 is 10.1 Å². The lowest BCUT2D eigenvalue weighted by atomic mass is 10.2. The Labute approximate surface area is 82.1 Å². The van der Waals surface area contributed by atoms with Crippen molar-refractivity contribution in [2.45, 2.75) is 25.4 Å². The van der Waals surface area contributed by atoms with Crippen molar-refractivity contribution >= 4 is 16.5 Å². The number of hydrogen-bond donors (Lipinski definition) is 1. The van der Waals surface area contributed by atoms with Crippen LogP contribution >= 0.6 is 11.3 Å². The third kappa shape index (κ3) is 2.67. The number of nitrogens with one attached hydrogen (secondary N) is 1. The van der Waals surface area contributed by atoms with E-state index in [2.05, 4.69) is 10.3 Å². The Morgan fingerprint density at radius 2 is 2.69 bits per heavy atom. The molecule has 1 aliphatic heterocycles. The molecular formula is C9H14N2OS. The average Bonchev–Trinajstić information content (AvgIpc) is 2.75. The molecule has 4 heteroatoms.